The van der Waals surface area contributed by atoms with Gasteiger partial charge in [-0.25, -0.2) is 4.79 Å². The van der Waals surface area contributed by atoms with E-state index in [0.29, 0.717) is 24.5 Å². The molecule has 0 aliphatic carbocycles. The molecule has 1 aromatic carbocycles. The Morgan fingerprint density at radius 2 is 2.12 bits per heavy atom. The number of rotatable bonds is 8. The van der Waals surface area contributed by atoms with Crippen molar-refractivity contribution in [2.45, 2.75) is 38.4 Å². The zero-order valence-corrected chi connectivity index (χ0v) is 15.1. The lowest BCUT2D eigenvalue weighted by atomic mass is 10.2. The predicted molar refractivity (Wildman–Crippen MR) is 93.7 cm³/mol. The maximum absolute atomic E-state index is 12.2. The maximum atomic E-state index is 12.2. The molecular formula is C19H24N2O5. The number of likely N-dealkylation sites (N-methyl/N-ethyl adjacent to an activating group) is 1. The molecule has 0 aromatic heterocycles. The first-order chi connectivity index (χ1) is 12.5. The highest BCUT2D eigenvalue weighted by atomic mass is 16.5. The SMILES string of the molecule is C[C@H](OC(=O)c1ccc(OC[C@H]2CCCO2)cc1)C(=O)N(C)CCC#N. The second-order valence-corrected chi connectivity index (χ2v) is 6.19. The first kappa shape index (κ1) is 19.7. The average molecular weight is 360 g/mol. The zero-order valence-electron chi connectivity index (χ0n) is 15.1. The van der Waals surface area contributed by atoms with E-state index in [0.717, 1.165) is 19.4 Å². The standard InChI is InChI=1S/C19H24N2O5/c1-14(18(22)21(2)11-4-10-20)26-19(23)15-6-8-16(9-7-15)25-13-17-5-3-12-24-17/h6-9,14,17H,3-5,11-13H2,1-2H3/t14-,17+/m0/s1. The van der Waals surface area contributed by atoms with Gasteiger partial charge in [0.15, 0.2) is 6.10 Å². The lowest BCUT2D eigenvalue weighted by molar-refractivity contribution is -0.138. The van der Waals surface area contributed by atoms with Gasteiger partial charge < -0.3 is 19.1 Å². The van der Waals surface area contributed by atoms with Gasteiger partial charge in [-0.2, -0.15) is 5.26 Å². The summed E-state index contributed by atoms with van der Waals surface area (Å²) in [6.07, 6.45) is 1.50. The smallest absolute Gasteiger partial charge is 0.338 e. The fourth-order valence-corrected chi connectivity index (χ4v) is 2.57. The third-order valence-corrected chi connectivity index (χ3v) is 4.12. The van der Waals surface area contributed by atoms with Crippen LogP contribution < -0.4 is 4.74 Å². The molecule has 1 saturated heterocycles. The monoisotopic (exact) mass is 360 g/mol. The summed E-state index contributed by atoms with van der Waals surface area (Å²) in [4.78, 5) is 25.6. The Morgan fingerprint density at radius 1 is 1.38 bits per heavy atom. The number of ether oxygens (including phenoxy) is 3. The van der Waals surface area contributed by atoms with Gasteiger partial charge in [0.1, 0.15) is 12.4 Å². The van der Waals surface area contributed by atoms with Crippen LogP contribution in [-0.2, 0) is 14.3 Å². The molecule has 7 heteroatoms. The van der Waals surface area contributed by atoms with E-state index in [-0.39, 0.29) is 18.4 Å². The van der Waals surface area contributed by atoms with E-state index >= 15 is 0 Å². The number of nitrogens with zero attached hydrogens (tertiary/aromatic N) is 2. The Morgan fingerprint density at radius 3 is 2.73 bits per heavy atom. The zero-order chi connectivity index (χ0) is 18.9. The van der Waals surface area contributed by atoms with Crippen molar-refractivity contribution in [1.82, 2.24) is 4.90 Å². The number of carbonyl (C=O) groups excluding carboxylic acids is 2. The summed E-state index contributed by atoms with van der Waals surface area (Å²) in [5.74, 6) is -0.271. The molecule has 1 aliphatic rings. The summed E-state index contributed by atoms with van der Waals surface area (Å²) in [6.45, 7) is 3.09. The van der Waals surface area contributed by atoms with E-state index in [1.54, 1.807) is 31.3 Å². The second kappa shape index (κ2) is 9.78. The fourth-order valence-electron chi connectivity index (χ4n) is 2.57. The molecule has 7 nitrogen and oxygen atoms in total. The van der Waals surface area contributed by atoms with Crippen LogP contribution in [0.25, 0.3) is 0 Å². The van der Waals surface area contributed by atoms with Crippen molar-refractivity contribution >= 4 is 11.9 Å². The van der Waals surface area contributed by atoms with Gasteiger partial charge in [-0.15, -0.1) is 0 Å². The van der Waals surface area contributed by atoms with Crippen LogP contribution in [0.4, 0.5) is 0 Å². The number of nitriles is 1. The van der Waals surface area contributed by atoms with Crippen molar-refractivity contribution in [2.24, 2.45) is 0 Å². The van der Waals surface area contributed by atoms with E-state index in [9.17, 15) is 9.59 Å². The molecule has 1 heterocycles. The Labute approximate surface area is 153 Å². The molecule has 2 atom stereocenters. The van der Waals surface area contributed by atoms with Gasteiger partial charge in [-0.1, -0.05) is 0 Å². The van der Waals surface area contributed by atoms with Gasteiger partial charge in [-0.05, 0) is 44.0 Å². The molecule has 140 valence electrons. The van der Waals surface area contributed by atoms with Crippen LogP contribution in [0.5, 0.6) is 5.75 Å². The molecule has 0 unspecified atom stereocenters. The quantitative estimate of drug-likeness (QED) is 0.660. The fraction of sp³-hybridized carbons (Fsp3) is 0.526. The summed E-state index contributed by atoms with van der Waals surface area (Å²) < 4.78 is 16.3. The minimum Gasteiger partial charge on any atom is -0.491 e. The van der Waals surface area contributed by atoms with Crippen LogP contribution in [0.2, 0.25) is 0 Å². The lowest BCUT2D eigenvalue weighted by Gasteiger charge is -2.20. The highest BCUT2D eigenvalue weighted by Crippen LogP contribution is 2.17. The first-order valence-electron chi connectivity index (χ1n) is 8.68. The van der Waals surface area contributed by atoms with Crippen molar-refractivity contribution in [2.75, 3.05) is 26.8 Å². The van der Waals surface area contributed by atoms with Gasteiger partial charge in [0.2, 0.25) is 0 Å². The Kier molecular flexibility index (Phi) is 7.42. The van der Waals surface area contributed by atoms with Crippen molar-refractivity contribution in [3.63, 3.8) is 0 Å². The van der Waals surface area contributed by atoms with E-state index in [4.69, 9.17) is 19.5 Å². The molecule has 0 bridgehead atoms. The number of amides is 1. The molecule has 0 N–H and O–H groups in total. The van der Waals surface area contributed by atoms with Gasteiger partial charge in [0.05, 0.1) is 24.2 Å². The molecule has 2 rings (SSSR count). The van der Waals surface area contributed by atoms with E-state index in [2.05, 4.69) is 0 Å². The third kappa shape index (κ3) is 5.74. The molecule has 0 radical (unpaired) electrons. The van der Waals surface area contributed by atoms with Crippen LogP contribution in [0, 0.1) is 11.3 Å². The normalized spacial score (nSPS) is 17.2. The molecule has 26 heavy (non-hydrogen) atoms. The third-order valence-electron chi connectivity index (χ3n) is 4.12. The number of esters is 1. The van der Waals surface area contributed by atoms with Gasteiger partial charge >= 0.3 is 5.97 Å². The first-order valence-corrected chi connectivity index (χ1v) is 8.68. The van der Waals surface area contributed by atoms with E-state index in [1.807, 2.05) is 6.07 Å². The van der Waals surface area contributed by atoms with Crippen LogP contribution in [-0.4, -0.2) is 55.8 Å². The van der Waals surface area contributed by atoms with Crippen molar-refractivity contribution in [3.05, 3.63) is 29.8 Å². The molecule has 0 saturated carbocycles. The number of carbonyl (C=O) groups is 2. The summed E-state index contributed by atoms with van der Waals surface area (Å²) >= 11 is 0. The van der Waals surface area contributed by atoms with Gasteiger partial charge in [0.25, 0.3) is 5.91 Å². The lowest BCUT2D eigenvalue weighted by Crippen LogP contribution is -2.37. The minimum absolute atomic E-state index is 0.129. The van der Waals surface area contributed by atoms with E-state index in [1.165, 1.54) is 11.8 Å². The molecule has 1 fully saturated rings. The summed E-state index contributed by atoms with van der Waals surface area (Å²) in [5.41, 5.74) is 0.341. The topological polar surface area (TPSA) is 88.9 Å². The van der Waals surface area contributed by atoms with Gasteiger partial charge in [0, 0.05) is 20.2 Å². The van der Waals surface area contributed by atoms with Crippen molar-refractivity contribution in [3.8, 4) is 11.8 Å². The number of benzene rings is 1. The Bertz CT molecular complexity index is 647. The van der Waals surface area contributed by atoms with Gasteiger partial charge in [-0.3, -0.25) is 4.79 Å². The van der Waals surface area contributed by atoms with Crippen LogP contribution >= 0.6 is 0 Å². The number of hydrogen-bond donors (Lipinski definition) is 0. The highest BCUT2D eigenvalue weighted by Gasteiger charge is 2.22. The molecule has 1 amide bonds. The molecule has 0 spiro atoms. The molecular weight excluding hydrogens is 336 g/mol. The van der Waals surface area contributed by atoms with Crippen molar-refractivity contribution < 1.29 is 23.8 Å². The summed E-state index contributed by atoms with van der Waals surface area (Å²) in [5, 5.41) is 8.56. The van der Waals surface area contributed by atoms with Crippen LogP contribution in [0.15, 0.2) is 24.3 Å². The average Bonchev–Trinajstić information content (AvgIpc) is 3.17. The van der Waals surface area contributed by atoms with Crippen LogP contribution in [0.3, 0.4) is 0 Å². The summed E-state index contributed by atoms with van der Waals surface area (Å²) in [6, 6.07) is 8.56. The highest BCUT2D eigenvalue weighted by molar-refractivity contribution is 5.92. The largest absolute Gasteiger partial charge is 0.491 e. The second-order valence-electron chi connectivity index (χ2n) is 6.19. The maximum Gasteiger partial charge on any atom is 0.338 e. The predicted octanol–water partition coefficient (Wildman–Crippen LogP) is 2.16. The molecule has 1 aliphatic heterocycles. The Hall–Kier alpha value is -2.59. The Balaban J connectivity index is 1.82. The summed E-state index contributed by atoms with van der Waals surface area (Å²) in [7, 11) is 1.57. The van der Waals surface area contributed by atoms with Crippen LogP contribution in [0.1, 0.15) is 36.5 Å². The molecule has 1 aromatic rings. The van der Waals surface area contributed by atoms with Crippen molar-refractivity contribution in [1.29, 1.82) is 5.26 Å². The van der Waals surface area contributed by atoms with E-state index < -0.39 is 12.1 Å². The minimum atomic E-state index is -0.915. The number of hydrogen-bond acceptors (Lipinski definition) is 6.